The molecule has 116 valence electrons. The second kappa shape index (κ2) is 5.51. The molecule has 1 aliphatic carbocycles. The molecule has 8 heteroatoms. The molecule has 2 rings (SSSR count). The van der Waals surface area contributed by atoms with Gasteiger partial charge in [0.25, 0.3) is 0 Å². The normalized spacial score (nSPS) is 17.4. The van der Waals surface area contributed by atoms with Gasteiger partial charge in [-0.2, -0.15) is 8.78 Å². The average molecular weight is 307 g/mol. The topological polar surface area (TPSA) is 58.6 Å². The summed E-state index contributed by atoms with van der Waals surface area (Å²) in [4.78, 5) is 11.2. The largest absolute Gasteiger partial charge is 0.485 e. The first kappa shape index (κ1) is 15.6. The van der Waals surface area contributed by atoms with Gasteiger partial charge in [-0.3, -0.25) is 10.1 Å². The molecule has 0 amide bonds. The predicted octanol–water partition coefficient (Wildman–Crippen LogP) is 2.22. The second-order valence-electron chi connectivity index (χ2n) is 5.14. The molecule has 1 fully saturated rings. The number of ether oxygens (including phenoxy) is 1. The van der Waals surface area contributed by atoms with Crippen LogP contribution in [-0.4, -0.2) is 29.3 Å². The van der Waals surface area contributed by atoms with Crippen LogP contribution in [0.1, 0.15) is 19.8 Å². The lowest BCUT2D eigenvalue weighted by atomic mass is 10.0. The fraction of sp³-hybridized carbons (Fsp3) is 0.462. The van der Waals surface area contributed by atoms with Crippen LogP contribution in [-0.2, 0) is 4.79 Å². The molecule has 21 heavy (non-hydrogen) atoms. The highest BCUT2D eigenvalue weighted by Gasteiger charge is 2.40. The molecule has 1 unspecified atom stereocenters. The summed E-state index contributed by atoms with van der Waals surface area (Å²) < 4.78 is 57.6. The van der Waals surface area contributed by atoms with E-state index in [0.717, 1.165) is 12.8 Å². The van der Waals surface area contributed by atoms with Crippen LogP contribution in [0, 0.1) is 23.3 Å². The molecule has 1 aliphatic rings. The van der Waals surface area contributed by atoms with Crippen molar-refractivity contribution in [2.75, 3.05) is 6.61 Å². The third-order valence-corrected chi connectivity index (χ3v) is 3.15. The standard InChI is InChI=1S/C13H13F4NO3/c1-13(12(19)20,18-6-2-3-6)5-21-11-9(16)7(14)4-8(15)10(11)17/h4,6,18H,2-3,5H2,1H3,(H,19,20). The first-order chi connectivity index (χ1) is 9.74. The molecule has 0 saturated heterocycles. The molecule has 0 aromatic heterocycles. The minimum atomic E-state index is -1.70. The van der Waals surface area contributed by atoms with E-state index in [9.17, 15) is 22.4 Å². The van der Waals surface area contributed by atoms with Crippen LogP contribution in [0.5, 0.6) is 5.75 Å². The first-order valence-corrected chi connectivity index (χ1v) is 6.21. The van der Waals surface area contributed by atoms with Crippen LogP contribution < -0.4 is 10.1 Å². The van der Waals surface area contributed by atoms with Gasteiger partial charge >= 0.3 is 5.97 Å². The van der Waals surface area contributed by atoms with Gasteiger partial charge in [0.2, 0.25) is 11.6 Å². The zero-order valence-electron chi connectivity index (χ0n) is 11.1. The molecule has 1 aromatic carbocycles. The van der Waals surface area contributed by atoms with E-state index in [1.807, 2.05) is 0 Å². The Hall–Kier alpha value is -1.83. The lowest BCUT2D eigenvalue weighted by Crippen LogP contribution is -2.54. The Morgan fingerprint density at radius 1 is 1.33 bits per heavy atom. The molecular weight excluding hydrogens is 294 g/mol. The molecule has 1 atom stereocenters. The third-order valence-electron chi connectivity index (χ3n) is 3.15. The first-order valence-electron chi connectivity index (χ1n) is 6.21. The maximum Gasteiger partial charge on any atom is 0.327 e. The fourth-order valence-corrected chi connectivity index (χ4v) is 1.74. The van der Waals surface area contributed by atoms with Crippen LogP contribution in [0.4, 0.5) is 17.6 Å². The Kier molecular flexibility index (Phi) is 4.08. The highest BCUT2D eigenvalue weighted by molar-refractivity contribution is 5.78. The summed E-state index contributed by atoms with van der Waals surface area (Å²) in [6.45, 7) is 0.578. The van der Waals surface area contributed by atoms with Gasteiger partial charge in [0, 0.05) is 12.1 Å². The summed E-state index contributed by atoms with van der Waals surface area (Å²) in [5.41, 5.74) is -1.62. The highest BCUT2D eigenvalue weighted by atomic mass is 19.2. The summed E-state index contributed by atoms with van der Waals surface area (Å²) >= 11 is 0. The average Bonchev–Trinajstić information content (AvgIpc) is 3.20. The van der Waals surface area contributed by atoms with Crippen LogP contribution in [0.2, 0.25) is 0 Å². The number of benzene rings is 1. The highest BCUT2D eigenvalue weighted by Crippen LogP contribution is 2.28. The van der Waals surface area contributed by atoms with Crippen molar-refractivity contribution in [2.45, 2.75) is 31.3 Å². The maximum atomic E-state index is 13.4. The molecule has 0 spiro atoms. The van der Waals surface area contributed by atoms with Crippen LogP contribution >= 0.6 is 0 Å². The Balaban J connectivity index is 2.19. The van der Waals surface area contributed by atoms with Gasteiger partial charge < -0.3 is 9.84 Å². The summed E-state index contributed by atoms with van der Waals surface area (Å²) in [6, 6.07) is 0.0322. The quantitative estimate of drug-likeness (QED) is 0.625. The van der Waals surface area contributed by atoms with Crippen molar-refractivity contribution in [3.63, 3.8) is 0 Å². The monoisotopic (exact) mass is 307 g/mol. The number of hydrogen-bond acceptors (Lipinski definition) is 3. The van der Waals surface area contributed by atoms with Crippen LogP contribution in [0.3, 0.4) is 0 Å². The van der Waals surface area contributed by atoms with E-state index < -0.39 is 47.1 Å². The summed E-state index contributed by atoms with van der Waals surface area (Å²) in [5.74, 6) is -9.20. The number of carboxylic acids is 1. The van der Waals surface area contributed by atoms with E-state index in [1.54, 1.807) is 0 Å². The number of nitrogens with one attached hydrogen (secondary N) is 1. The molecule has 0 aliphatic heterocycles. The molecule has 1 aromatic rings. The Morgan fingerprint density at radius 2 is 1.86 bits per heavy atom. The summed E-state index contributed by atoms with van der Waals surface area (Å²) in [5, 5.41) is 11.9. The molecule has 4 nitrogen and oxygen atoms in total. The summed E-state index contributed by atoms with van der Waals surface area (Å²) in [7, 11) is 0. The van der Waals surface area contributed by atoms with Gasteiger partial charge in [0.05, 0.1) is 0 Å². The predicted molar refractivity (Wildman–Crippen MR) is 64.0 cm³/mol. The molecular formula is C13H13F4NO3. The fourth-order valence-electron chi connectivity index (χ4n) is 1.74. The lowest BCUT2D eigenvalue weighted by Gasteiger charge is -2.26. The van der Waals surface area contributed by atoms with Crippen molar-refractivity contribution in [1.29, 1.82) is 0 Å². The zero-order valence-corrected chi connectivity index (χ0v) is 11.1. The lowest BCUT2D eigenvalue weighted by molar-refractivity contribution is -0.145. The molecule has 0 bridgehead atoms. The molecule has 0 heterocycles. The summed E-state index contributed by atoms with van der Waals surface area (Å²) in [6.07, 6.45) is 1.56. The van der Waals surface area contributed by atoms with Crippen molar-refractivity contribution in [3.05, 3.63) is 29.3 Å². The molecule has 2 N–H and O–H groups in total. The van der Waals surface area contributed by atoms with Crippen molar-refractivity contribution in [1.82, 2.24) is 5.32 Å². The van der Waals surface area contributed by atoms with Gasteiger partial charge in [-0.15, -0.1) is 0 Å². The van der Waals surface area contributed by atoms with Gasteiger partial charge in [0.1, 0.15) is 12.1 Å². The van der Waals surface area contributed by atoms with Gasteiger partial charge in [-0.1, -0.05) is 0 Å². The van der Waals surface area contributed by atoms with E-state index >= 15 is 0 Å². The van der Waals surface area contributed by atoms with Crippen molar-refractivity contribution in [2.24, 2.45) is 0 Å². The Labute approximate surface area is 117 Å². The minimum absolute atomic E-state index is 0.0198. The third kappa shape index (κ3) is 3.26. The van der Waals surface area contributed by atoms with Gasteiger partial charge in [-0.25, -0.2) is 8.78 Å². The van der Waals surface area contributed by atoms with Crippen LogP contribution in [0.15, 0.2) is 6.07 Å². The number of carboxylic acid groups (broad SMARTS) is 1. The van der Waals surface area contributed by atoms with Crippen molar-refractivity contribution in [3.8, 4) is 5.75 Å². The Morgan fingerprint density at radius 3 is 2.29 bits per heavy atom. The Bertz CT molecular complexity index is 551. The number of carbonyl (C=O) groups is 1. The zero-order chi connectivity index (χ0) is 15.8. The van der Waals surface area contributed by atoms with E-state index in [4.69, 9.17) is 9.84 Å². The second-order valence-corrected chi connectivity index (χ2v) is 5.14. The van der Waals surface area contributed by atoms with Gasteiger partial charge in [0.15, 0.2) is 17.4 Å². The number of halogens is 4. The number of hydrogen-bond donors (Lipinski definition) is 2. The van der Waals surface area contributed by atoms with Crippen LogP contribution in [0.25, 0.3) is 0 Å². The van der Waals surface area contributed by atoms with E-state index in [0.29, 0.717) is 0 Å². The van der Waals surface area contributed by atoms with Crippen molar-refractivity contribution < 1.29 is 32.2 Å². The maximum absolute atomic E-state index is 13.4. The minimum Gasteiger partial charge on any atom is -0.485 e. The molecule has 0 radical (unpaired) electrons. The number of rotatable bonds is 6. The SMILES string of the molecule is CC(COc1c(F)c(F)cc(F)c1F)(NC1CC1)C(=O)O. The van der Waals surface area contributed by atoms with E-state index in [2.05, 4.69) is 5.32 Å². The smallest absolute Gasteiger partial charge is 0.327 e. The van der Waals surface area contributed by atoms with E-state index in [-0.39, 0.29) is 12.1 Å². The van der Waals surface area contributed by atoms with E-state index in [1.165, 1.54) is 6.92 Å². The number of aliphatic carboxylic acids is 1. The molecule has 1 saturated carbocycles. The van der Waals surface area contributed by atoms with Gasteiger partial charge in [-0.05, 0) is 19.8 Å². The van der Waals surface area contributed by atoms with Crippen molar-refractivity contribution >= 4 is 5.97 Å².